The van der Waals surface area contributed by atoms with Gasteiger partial charge in [0.15, 0.2) is 0 Å². The SMILES string of the molecule is CN(Cc1cc(-c2cccnc2F)c(S(=O)(=O)c2ccncc2)s1)C(=O)OC(C)(C)C.CNCc1cc(-c2cccnc2F)c(S(=O)(=O)c2ccncc2)s1.Cl.Cl. The van der Waals surface area contributed by atoms with E-state index in [0.29, 0.717) is 17.0 Å². The molecule has 57 heavy (non-hydrogen) atoms. The number of thiophene rings is 2. The lowest BCUT2D eigenvalue weighted by molar-refractivity contribution is 0.0286. The van der Waals surface area contributed by atoms with Crippen LogP contribution in [0.1, 0.15) is 30.5 Å². The quantitative estimate of drug-likeness (QED) is 0.132. The van der Waals surface area contributed by atoms with E-state index in [9.17, 15) is 30.4 Å². The Morgan fingerprint density at radius 2 is 1.14 bits per heavy atom. The summed E-state index contributed by atoms with van der Waals surface area (Å²) >= 11 is 2.10. The second-order valence-corrected chi connectivity index (χ2v) is 19.3. The number of sulfone groups is 2. The first-order chi connectivity index (χ1) is 26.0. The van der Waals surface area contributed by atoms with Crippen LogP contribution in [0.3, 0.4) is 0 Å². The number of nitrogens with zero attached hydrogens (tertiary/aromatic N) is 5. The van der Waals surface area contributed by atoms with Crippen LogP contribution in [-0.2, 0) is 37.5 Å². The van der Waals surface area contributed by atoms with Gasteiger partial charge in [0.05, 0.1) is 16.3 Å². The summed E-state index contributed by atoms with van der Waals surface area (Å²) in [5, 5.41) is 2.98. The lowest BCUT2D eigenvalue weighted by Gasteiger charge is -2.24. The Balaban J connectivity index is 0.000000303. The summed E-state index contributed by atoms with van der Waals surface area (Å²) in [6, 6.07) is 15.0. The van der Waals surface area contributed by atoms with Crippen molar-refractivity contribution in [2.75, 3.05) is 14.1 Å². The molecule has 6 aromatic heterocycles. The van der Waals surface area contributed by atoms with Crippen molar-refractivity contribution in [3.63, 3.8) is 0 Å². The van der Waals surface area contributed by atoms with Crippen LogP contribution in [0.4, 0.5) is 13.6 Å². The largest absolute Gasteiger partial charge is 0.444 e. The highest BCUT2D eigenvalue weighted by atomic mass is 35.5. The van der Waals surface area contributed by atoms with Crippen LogP contribution in [0.25, 0.3) is 22.3 Å². The fourth-order valence-corrected chi connectivity index (χ4v) is 11.3. The molecule has 0 aliphatic carbocycles. The maximum atomic E-state index is 14.4. The number of carbonyl (C=O) groups excluding carboxylic acids is 1. The summed E-state index contributed by atoms with van der Waals surface area (Å²) < 4.78 is 86.5. The molecule has 6 heterocycles. The molecule has 0 atom stereocenters. The van der Waals surface area contributed by atoms with E-state index in [2.05, 4.69) is 25.3 Å². The van der Waals surface area contributed by atoms with Crippen LogP contribution >= 0.6 is 47.5 Å². The Hall–Kier alpha value is -4.43. The number of pyridine rings is 4. The molecule has 304 valence electrons. The van der Waals surface area contributed by atoms with Gasteiger partial charge in [0.1, 0.15) is 14.0 Å². The maximum Gasteiger partial charge on any atom is 0.410 e. The molecular weight excluding hydrogens is 862 g/mol. The average molecular weight is 900 g/mol. The molecule has 20 heteroatoms. The van der Waals surface area contributed by atoms with Gasteiger partial charge in [0.25, 0.3) is 0 Å². The Labute approximate surface area is 350 Å². The normalized spacial score (nSPS) is 11.4. The van der Waals surface area contributed by atoms with Crippen LogP contribution in [0.2, 0.25) is 0 Å². The predicted molar refractivity (Wildman–Crippen MR) is 219 cm³/mol. The topological polar surface area (TPSA) is 161 Å². The smallest absolute Gasteiger partial charge is 0.410 e. The summed E-state index contributed by atoms with van der Waals surface area (Å²) in [6.45, 7) is 5.86. The lowest BCUT2D eigenvalue weighted by atomic mass is 10.1. The monoisotopic (exact) mass is 898 g/mol. The van der Waals surface area contributed by atoms with Crippen molar-refractivity contribution in [2.24, 2.45) is 0 Å². The number of rotatable bonds is 10. The van der Waals surface area contributed by atoms with Gasteiger partial charge in [-0.3, -0.25) is 9.97 Å². The van der Waals surface area contributed by atoms with Gasteiger partial charge in [-0.2, -0.15) is 8.78 Å². The molecule has 1 N–H and O–H groups in total. The fourth-order valence-electron chi connectivity index (χ4n) is 5.02. The lowest BCUT2D eigenvalue weighted by Crippen LogP contribution is -2.33. The fraction of sp³-hybridized carbons (Fsp3) is 0.216. The first-order valence-corrected chi connectivity index (χ1v) is 21.0. The van der Waals surface area contributed by atoms with Crippen molar-refractivity contribution in [3.05, 3.63) is 119 Å². The summed E-state index contributed by atoms with van der Waals surface area (Å²) in [6.07, 6.45) is 7.66. The van der Waals surface area contributed by atoms with Gasteiger partial charge in [0.2, 0.25) is 31.6 Å². The van der Waals surface area contributed by atoms with Gasteiger partial charge >= 0.3 is 6.09 Å². The first kappa shape index (κ1) is 46.9. The van der Waals surface area contributed by atoms with E-state index in [0.717, 1.165) is 27.6 Å². The maximum absolute atomic E-state index is 14.4. The molecule has 0 saturated carbocycles. The highest BCUT2D eigenvalue weighted by Gasteiger charge is 2.29. The summed E-state index contributed by atoms with van der Waals surface area (Å²) in [5.74, 6) is -1.48. The second-order valence-electron chi connectivity index (χ2n) is 12.8. The molecule has 1 amide bonds. The van der Waals surface area contributed by atoms with Crippen LogP contribution in [-0.4, -0.2) is 67.5 Å². The number of aromatic nitrogens is 4. The van der Waals surface area contributed by atoms with Gasteiger partial charge < -0.3 is 15.0 Å². The molecule has 0 aliphatic rings. The highest BCUT2D eigenvalue weighted by molar-refractivity contribution is 7.94. The number of carbonyl (C=O) groups is 1. The molecule has 0 spiro atoms. The molecular formula is C37H38Cl2F2N6O6S4. The minimum atomic E-state index is -3.95. The van der Waals surface area contributed by atoms with Crippen LogP contribution in [0.5, 0.6) is 0 Å². The number of hydrogen-bond donors (Lipinski definition) is 1. The van der Waals surface area contributed by atoms with E-state index in [-0.39, 0.29) is 66.3 Å². The van der Waals surface area contributed by atoms with Gasteiger partial charge in [-0.05, 0) is 88.5 Å². The van der Waals surface area contributed by atoms with Crippen LogP contribution in [0, 0.1) is 11.9 Å². The van der Waals surface area contributed by atoms with Crippen molar-refractivity contribution >= 4 is 73.3 Å². The van der Waals surface area contributed by atoms with Crippen molar-refractivity contribution in [3.8, 4) is 22.3 Å². The first-order valence-electron chi connectivity index (χ1n) is 16.4. The predicted octanol–water partition coefficient (Wildman–Crippen LogP) is 8.28. The van der Waals surface area contributed by atoms with E-state index in [1.807, 2.05) is 0 Å². The van der Waals surface area contributed by atoms with E-state index in [1.165, 1.54) is 84.5 Å². The highest BCUT2D eigenvalue weighted by Crippen LogP contribution is 2.40. The average Bonchev–Trinajstić information content (AvgIpc) is 3.78. The van der Waals surface area contributed by atoms with Crippen molar-refractivity contribution in [1.82, 2.24) is 30.2 Å². The number of amides is 1. The molecule has 0 unspecified atom stereocenters. The number of halogens is 4. The van der Waals surface area contributed by atoms with Gasteiger partial charge in [-0.25, -0.2) is 31.6 Å². The molecule has 12 nitrogen and oxygen atoms in total. The molecule has 0 radical (unpaired) electrons. The Kier molecular flexibility index (Phi) is 16.3. The Bertz CT molecular complexity index is 2500. The standard InChI is InChI=1S/C21H22FN3O4S2.C16H14FN3O2S2.2ClH/c1-21(2,3)29-20(26)25(4)13-14-12-17(16-6-5-9-24-18(16)22)19(30-14)31(27,28)15-7-10-23-11-8-15;1-18-10-11-9-14(13-3-2-6-20-15(13)17)16(23-11)24(21,22)12-4-7-19-8-5-12;;/h5-12H,13H2,1-4H3;2-9,18H,10H2,1H3;2*1H. The molecule has 0 fully saturated rings. The zero-order valence-corrected chi connectivity index (χ0v) is 35.9. The van der Waals surface area contributed by atoms with Crippen LogP contribution in [0.15, 0.2) is 116 Å². The second kappa shape index (κ2) is 19.8. The zero-order valence-electron chi connectivity index (χ0n) is 31.0. The number of hydrogen-bond acceptors (Lipinski definition) is 13. The summed E-state index contributed by atoms with van der Waals surface area (Å²) in [5.41, 5.74) is 0.0922. The minimum absolute atomic E-state index is 0. The zero-order chi connectivity index (χ0) is 40.0. The molecule has 0 bridgehead atoms. The molecule has 6 rings (SSSR count). The third kappa shape index (κ3) is 11.4. The third-order valence-corrected chi connectivity index (χ3v) is 14.3. The Morgan fingerprint density at radius 1 is 0.719 bits per heavy atom. The molecule has 0 saturated heterocycles. The summed E-state index contributed by atoms with van der Waals surface area (Å²) in [4.78, 5) is 30.1. The van der Waals surface area contributed by atoms with Crippen molar-refractivity contribution < 1.29 is 35.1 Å². The van der Waals surface area contributed by atoms with E-state index in [1.54, 1.807) is 53.1 Å². The van der Waals surface area contributed by atoms with Gasteiger partial charge in [-0.15, -0.1) is 47.5 Å². The molecule has 0 aliphatic heterocycles. The Morgan fingerprint density at radius 3 is 1.54 bits per heavy atom. The van der Waals surface area contributed by atoms with Gasteiger partial charge in [0, 0.05) is 82.8 Å². The molecule has 6 aromatic rings. The van der Waals surface area contributed by atoms with Crippen molar-refractivity contribution in [1.29, 1.82) is 0 Å². The van der Waals surface area contributed by atoms with Gasteiger partial charge in [-0.1, -0.05) is 0 Å². The van der Waals surface area contributed by atoms with Crippen molar-refractivity contribution in [2.45, 2.75) is 57.7 Å². The third-order valence-electron chi connectivity index (χ3n) is 7.45. The minimum Gasteiger partial charge on any atom is -0.444 e. The summed E-state index contributed by atoms with van der Waals surface area (Å²) in [7, 11) is -4.41. The van der Waals surface area contributed by atoms with E-state index in [4.69, 9.17) is 4.74 Å². The van der Waals surface area contributed by atoms with E-state index >= 15 is 0 Å². The van der Waals surface area contributed by atoms with E-state index < -0.39 is 43.3 Å². The van der Waals surface area contributed by atoms with Crippen LogP contribution < -0.4 is 5.32 Å². The number of ether oxygens (including phenoxy) is 1. The number of nitrogens with one attached hydrogen (secondary N) is 1. The molecule has 0 aromatic carbocycles.